The van der Waals surface area contributed by atoms with Gasteiger partial charge in [-0.15, -0.1) is 10.2 Å². The molecule has 0 spiro atoms. The van der Waals surface area contributed by atoms with E-state index >= 15 is 0 Å². The van der Waals surface area contributed by atoms with E-state index in [1.54, 1.807) is 11.8 Å². The van der Waals surface area contributed by atoms with Crippen molar-refractivity contribution in [2.24, 2.45) is 5.73 Å². The van der Waals surface area contributed by atoms with Gasteiger partial charge in [-0.1, -0.05) is 30.3 Å². The number of aromatic nitrogens is 3. The highest BCUT2D eigenvalue weighted by molar-refractivity contribution is 5.81. The predicted octanol–water partition coefficient (Wildman–Crippen LogP) is 0.635. The summed E-state index contributed by atoms with van der Waals surface area (Å²) in [5, 5.41) is 8.45. The van der Waals surface area contributed by atoms with E-state index in [1.165, 1.54) is 0 Å². The Morgan fingerprint density at radius 2 is 2.00 bits per heavy atom. The van der Waals surface area contributed by atoms with Crippen LogP contribution in [-0.2, 0) is 17.9 Å². The van der Waals surface area contributed by atoms with E-state index < -0.39 is 6.04 Å². The van der Waals surface area contributed by atoms with Gasteiger partial charge in [-0.3, -0.25) is 4.79 Å². The Kier molecular flexibility index (Phi) is 3.23. The highest BCUT2D eigenvalue weighted by atomic mass is 16.2. The summed E-state index contributed by atoms with van der Waals surface area (Å²) in [6.07, 6.45) is 0. The standard InChI is InChI=1S/C14H17N5O/c1-10(15)14(20)18-7-8-19-12(9-18)16-17-13(19)11-5-3-2-4-6-11/h2-6,10H,7-9,15H2,1H3. The molecule has 0 bridgehead atoms. The predicted molar refractivity (Wildman–Crippen MR) is 74.5 cm³/mol. The van der Waals surface area contributed by atoms with Crippen LogP contribution in [-0.4, -0.2) is 38.2 Å². The van der Waals surface area contributed by atoms with E-state index in [1.807, 2.05) is 30.3 Å². The van der Waals surface area contributed by atoms with Crippen molar-refractivity contribution in [2.45, 2.75) is 26.1 Å². The second-order valence-corrected chi connectivity index (χ2v) is 5.01. The SMILES string of the molecule is CC(N)C(=O)N1CCn2c(nnc2-c2ccccc2)C1. The lowest BCUT2D eigenvalue weighted by Crippen LogP contribution is -2.45. The number of hydrogen-bond donors (Lipinski definition) is 1. The molecule has 0 radical (unpaired) electrons. The number of benzene rings is 1. The molecule has 3 rings (SSSR count). The minimum absolute atomic E-state index is 0.0412. The molecule has 20 heavy (non-hydrogen) atoms. The van der Waals surface area contributed by atoms with Crippen LogP contribution in [0.1, 0.15) is 12.7 Å². The van der Waals surface area contributed by atoms with Crippen molar-refractivity contribution in [3.05, 3.63) is 36.2 Å². The lowest BCUT2D eigenvalue weighted by molar-refractivity contribution is -0.133. The molecule has 6 nitrogen and oxygen atoms in total. The zero-order valence-electron chi connectivity index (χ0n) is 11.4. The average molecular weight is 271 g/mol. The van der Waals surface area contributed by atoms with Gasteiger partial charge >= 0.3 is 0 Å². The molecular formula is C14H17N5O. The number of rotatable bonds is 2. The van der Waals surface area contributed by atoms with Crippen LogP contribution in [0.4, 0.5) is 0 Å². The highest BCUT2D eigenvalue weighted by Gasteiger charge is 2.26. The average Bonchev–Trinajstić information content (AvgIpc) is 2.90. The first-order valence-electron chi connectivity index (χ1n) is 6.68. The number of nitrogens with zero attached hydrogens (tertiary/aromatic N) is 4. The maximum atomic E-state index is 11.9. The number of amides is 1. The number of carbonyl (C=O) groups excluding carboxylic acids is 1. The molecule has 2 N–H and O–H groups in total. The molecular weight excluding hydrogens is 254 g/mol. The van der Waals surface area contributed by atoms with E-state index in [0.717, 1.165) is 17.2 Å². The minimum Gasteiger partial charge on any atom is -0.332 e. The summed E-state index contributed by atoms with van der Waals surface area (Å²) in [5.41, 5.74) is 6.69. The fourth-order valence-corrected chi connectivity index (χ4v) is 2.43. The van der Waals surface area contributed by atoms with Gasteiger partial charge in [0.15, 0.2) is 11.6 Å². The fraction of sp³-hybridized carbons (Fsp3) is 0.357. The van der Waals surface area contributed by atoms with Crippen LogP contribution in [0.5, 0.6) is 0 Å². The van der Waals surface area contributed by atoms with Crippen molar-refractivity contribution in [3.63, 3.8) is 0 Å². The maximum Gasteiger partial charge on any atom is 0.239 e. The van der Waals surface area contributed by atoms with Crippen molar-refractivity contribution in [1.82, 2.24) is 19.7 Å². The Morgan fingerprint density at radius 3 is 2.70 bits per heavy atom. The smallest absolute Gasteiger partial charge is 0.239 e. The summed E-state index contributed by atoms with van der Waals surface area (Å²) in [7, 11) is 0. The first kappa shape index (κ1) is 12.8. The second kappa shape index (κ2) is 5.05. The quantitative estimate of drug-likeness (QED) is 0.869. The first-order valence-corrected chi connectivity index (χ1v) is 6.68. The molecule has 1 aliphatic heterocycles. The molecule has 1 aromatic heterocycles. The third kappa shape index (κ3) is 2.18. The third-order valence-corrected chi connectivity index (χ3v) is 3.49. The van der Waals surface area contributed by atoms with Gasteiger partial charge in [0.1, 0.15) is 0 Å². The summed E-state index contributed by atoms with van der Waals surface area (Å²) >= 11 is 0. The molecule has 0 saturated carbocycles. The van der Waals surface area contributed by atoms with Crippen LogP contribution in [0.25, 0.3) is 11.4 Å². The zero-order chi connectivity index (χ0) is 14.1. The van der Waals surface area contributed by atoms with E-state index in [9.17, 15) is 4.79 Å². The Hall–Kier alpha value is -2.21. The summed E-state index contributed by atoms with van der Waals surface area (Å²) < 4.78 is 2.07. The third-order valence-electron chi connectivity index (χ3n) is 3.49. The Morgan fingerprint density at radius 1 is 1.25 bits per heavy atom. The van der Waals surface area contributed by atoms with E-state index in [4.69, 9.17) is 5.73 Å². The molecule has 1 amide bonds. The molecule has 0 fully saturated rings. The molecule has 1 aliphatic rings. The summed E-state index contributed by atoms with van der Waals surface area (Å²) in [6.45, 7) is 3.52. The normalized spacial score (nSPS) is 15.8. The monoisotopic (exact) mass is 271 g/mol. The highest BCUT2D eigenvalue weighted by Crippen LogP contribution is 2.21. The van der Waals surface area contributed by atoms with Gasteiger partial charge in [-0.05, 0) is 6.92 Å². The van der Waals surface area contributed by atoms with Crippen molar-refractivity contribution in [3.8, 4) is 11.4 Å². The molecule has 0 aliphatic carbocycles. The zero-order valence-corrected chi connectivity index (χ0v) is 11.4. The van der Waals surface area contributed by atoms with E-state index in [2.05, 4.69) is 14.8 Å². The van der Waals surface area contributed by atoms with Gasteiger partial charge < -0.3 is 15.2 Å². The van der Waals surface area contributed by atoms with Gasteiger partial charge in [-0.2, -0.15) is 0 Å². The molecule has 1 unspecified atom stereocenters. The van der Waals surface area contributed by atoms with Crippen molar-refractivity contribution in [1.29, 1.82) is 0 Å². The molecule has 6 heteroatoms. The van der Waals surface area contributed by atoms with Crippen LogP contribution < -0.4 is 5.73 Å². The van der Waals surface area contributed by atoms with Crippen LogP contribution in [0.15, 0.2) is 30.3 Å². The molecule has 2 heterocycles. The lowest BCUT2D eigenvalue weighted by atomic mass is 10.2. The number of hydrogen-bond acceptors (Lipinski definition) is 4. The topological polar surface area (TPSA) is 77.0 Å². The second-order valence-electron chi connectivity index (χ2n) is 5.01. The fourth-order valence-electron chi connectivity index (χ4n) is 2.43. The molecule has 1 aromatic carbocycles. The summed E-state index contributed by atoms with van der Waals surface area (Å²) in [6, 6.07) is 9.48. The molecule has 2 aromatic rings. The van der Waals surface area contributed by atoms with E-state index in [-0.39, 0.29) is 5.91 Å². The van der Waals surface area contributed by atoms with Gasteiger partial charge in [0.25, 0.3) is 0 Å². The Bertz CT molecular complexity index is 620. The molecule has 1 atom stereocenters. The van der Waals surface area contributed by atoms with Gasteiger partial charge in [0.05, 0.1) is 12.6 Å². The van der Waals surface area contributed by atoms with Crippen molar-refractivity contribution < 1.29 is 4.79 Å². The van der Waals surface area contributed by atoms with Crippen molar-refractivity contribution in [2.75, 3.05) is 6.54 Å². The summed E-state index contributed by atoms with van der Waals surface area (Å²) in [5.74, 6) is 1.62. The number of fused-ring (bicyclic) bond motifs is 1. The first-order chi connectivity index (χ1) is 9.66. The Labute approximate surface area is 117 Å². The Balaban J connectivity index is 1.87. The van der Waals surface area contributed by atoms with Crippen LogP contribution in [0, 0.1) is 0 Å². The lowest BCUT2D eigenvalue weighted by Gasteiger charge is -2.29. The molecule has 0 saturated heterocycles. The van der Waals surface area contributed by atoms with Gasteiger partial charge in [-0.25, -0.2) is 0 Å². The number of nitrogens with two attached hydrogens (primary N) is 1. The van der Waals surface area contributed by atoms with Crippen molar-refractivity contribution >= 4 is 5.91 Å². The van der Waals surface area contributed by atoms with Gasteiger partial charge in [0, 0.05) is 18.7 Å². The minimum atomic E-state index is -0.474. The maximum absolute atomic E-state index is 11.9. The largest absolute Gasteiger partial charge is 0.332 e. The van der Waals surface area contributed by atoms with E-state index in [0.29, 0.717) is 19.6 Å². The van der Waals surface area contributed by atoms with Crippen LogP contribution in [0.2, 0.25) is 0 Å². The molecule has 104 valence electrons. The number of carbonyl (C=O) groups is 1. The van der Waals surface area contributed by atoms with Gasteiger partial charge in [0.2, 0.25) is 5.91 Å². The van der Waals surface area contributed by atoms with Crippen LogP contribution in [0.3, 0.4) is 0 Å². The summed E-state index contributed by atoms with van der Waals surface area (Å²) in [4.78, 5) is 13.7. The van der Waals surface area contributed by atoms with Crippen LogP contribution >= 0.6 is 0 Å².